The molecule has 2 aliphatic heterocycles. The molecule has 8 heterocycles. The van der Waals surface area contributed by atoms with E-state index in [4.69, 9.17) is 48.6 Å². The second-order valence-corrected chi connectivity index (χ2v) is 22.9. The minimum Gasteiger partial charge on any atom is -0.487 e. The van der Waals surface area contributed by atoms with Gasteiger partial charge in [-0.15, -0.1) is 55.5 Å². The third-order valence-electron chi connectivity index (χ3n) is 10.5. The number of nitrogens with zero attached hydrogens (tertiary/aromatic N) is 8. The van der Waals surface area contributed by atoms with Crippen molar-refractivity contribution in [1.82, 2.24) is 43.7 Å². The summed E-state index contributed by atoms with van der Waals surface area (Å²) in [6, 6.07) is 15.4. The smallest absolute Gasteiger partial charge is 0.330 e. The maximum atomic E-state index is 12.0. The van der Waals surface area contributed by atoms with E-state index < -0.39 is 5.97 Å². The lowest BCUT2D eigenvalue weighted by Crippen LogP contribution is -2.33. The largest absolute Gasteiger partial charge is 0.487 e. The molecule has 89 heavy (non-hydrogen) atoms. The number of fused-ring (bicyclic) bond motifs is 2. The normalized spacial score (nSPS) is 12.7. The summed E-state index contributed by atoms with van der Waals surface area (Å²) in [5.41, 5.74) is 9.71. The maximum Gasteiger partial charge on any atom is 0.330 e. The molecular formula is C57H61Cl3N10O13S6. The van der Waals surface area contributed by atoms with Crippen LogP contribution in [-0.2, 0) is 41.5 Å². The van der Waals surface area contributed by atoms with Crippen LogP contribution in [0.15, 0.2) is 104 Å². The number of ketones is 2. The van der Waals surface area contributed by atoms with E-state index in [-0.39, 0.29) is 61.5 Å². The highest BCUT2D eigenvalue weighted by Crippen LogP contribution is 2.42. The average Bonchev–Trinajstić information content (AvgIpc) is 1.86. The predicted octanol–water partition coefficient (Wildman–Crippen LogP) is 11.3. The van der Waals surface area contributed by atoms with E-state index in [0.717, 1.165) is 117 Å². The lowest BCUT2D eigenvalue weighted by molar-refractivity contribution is -0.138. The van der Waals surface area contributed by atoms with Crippen molar-refractivity contribution in [3.63, 3.8) is 0 Å². The molecule has 0 spiro atoms. The summed E-state index contributed by atoms with van der Waals surface area (Å²) in [4.78, 5) is 82.0. The number of halogens is 3. The monoisotopic (exact) mass is 1390 g/mol. The fraction of sp³-hybridized carbons (Fsp3) is 0.246. The number of carbonyl (C=O) groups is 7. The zero-order valence-corrected chi connectivity index (χ0v) is 54.5. The minimum absolute atomic E-state index is 0. The van der Waals surface area contributed by atoms with Gasteiger partial charge in [-0.25, -0.2) is 14.4 Å². The van der Waals surface area contributed by atoms with E-state index in [0.29, 0.717) is 53.4 Å². The van der Waals surface area contributed by atoms with Crippen molar-refractivity contribution in [3.8, 4) is 32.4 Å². The van der Waals surface area contributed by atoms with Crippen LogP contribution in [0.3, 0.4) is 0 Å². The molecule has 1 amide bonds. The molecule has 6 aromatic heterocycles. The number of Topliss-reactive ketones (excluding diaryl/α,β-unsaturated/α-hetero) is 2. The Morgan fingerprint density at radius 1 is 0.663 bits per heavy atom. The molecule has 2 aliphatic rings. The predicted molar refractivity (Wildman–Crippen MR) is 353 cm³/mol. The molecular weight excluding hydrogens is 1330 g/mol. The van der Waals surface area contributed by atoms with Crippen LogP contribution >= 0.6 is 104 Å². The Balaban J connectivity index is 0.000000391. The van der Waals surface area contributed by atoms with Crippen LogP contribution < -0.4 is 20.5 Å². The third kappa shape index (κ3) is 27.3. The molecule has 8 aromatic rings. The fourth-order valence-corrected chi connectivity index (χ4v) is 10.7. The van der Waals surface area contributed by atoms with Gasteiger partial charge in [0.25, 0.3) is 0 Å². The lowest BCUT2D eigenvalue weighted by atomic mass is 10.1. The molecule has 0 radical (unpaired) electrons. The lowest BCUT2D eigenvalue weighted by Gasteiger charge is -2.11. The second kappa shape index (κ2) is 42.3. The van der Waals surface area contributed by atoms with Gasteiger partial charge in [0.2, 0.25) is 5.91 Å². The van der Waals surface area contributed by atoms with E-state index >= 15 is 0 Å². The van der Waals surface area contributed by atoms with Crippen molar-refractivity contribution < 1.29 is 62.7 Å². The average molecular weight is 1390 g/mol. The number of thiophene rings is 2. The molecule has 0 bridgehead atoms. The Kier molecular flexibility index (Phi) is 36.8. The van der Waals surface area contributed by atoms with Gasteiger partial charge in [0.05, 0.1) is 79.0 Å². The minimum atomic E-state index is -0.964. The van der Waals surface area contributed by atoms with Gasteiger partial charge in [-0.2, -0.15) is 0 Å². The molecule has 0 fully saturated rings. The van der Waals surface area contributed by atoms with E-state index in [1.807, 2.05) is 42.5 Å². The van der Waals surface area contributed by atoms with Gasteiger partial charge < -0.3 is 40.2 Å². The quantitative estimate of drug-likeness (QED) is 0.0285. The van der Waals surface area contributed by atoms with Crippen molar-refractivity contribution in [2.24, 2.45) is 5.73 Å². The van der Waals surface area contributed by atoms with Crippen molar-refractivity contribution in [3.05, 3.63) is 155 Å². The van der Waals surface area contributed by atoms with E-state index in [9.17, 15) is 33.6 Å². The summed E-state index contributed by atoms with van der Waals surface area (Å²) >= 11 is 20.3. The van der Waals surface area contributed by atoms with Crippen molar-refractivity contribution in [2.75, 3.05) is 33.4 Å². The number of hydrogen-bond donors (Lipinski definition) is 4. The molecule has 5 N–H and O–H groups in total. The number of aliphatic hydroxyl groups excluding tert-OH is 1. The number of aldehydes is 1. The first-order chi connectivity index (χ1) is 41.9. The standard InChI is InChI=1S/C20H16ClN3O3S2.C15H14ClNO2S.C7H8N2O2S.C5H4N2O2S.C5H8O2.C3H2N2OS.CH4O.CH4.ClH/c1-11(25)17-3-4-18(28-17)12-6-13-7-14(27-20(13)16(21)8-12)9-22-19(26)5-2-15-10-23-24-29-15;1-8(18)13-2-3-14(20-13)9-4-10-5-11(7-17)19-15(10)12(16)6-9;1-2-11-7(10)4-3-6-5-8-9-12-6;8-5(9)2-1-4-3-6-7-10-4;1-3-5(6)7-4-2;6-2-3-1-4-5-7-3;1-2;;/h2-6,8,10,14H,7,9H2,1H3,(H,22,26);2-4,6,11H,5,7,17H2,1H3;3-5H,2H2,1H3;1-3H,(H,8,9);3H,1,4H2,2H3;1-2H;2H,1H3;1H4;1H/b5-2+;;4-3+;2-1+;;;;;. The Hall–Kier alpha value is -7.68. The summed E-state index contributed by atoms with van der Waals surface area (Å²) in [5, 5.41) is 33.4. The molecule has 0 saturated heterocycles. The number of rotatable bonds is 17. The highest BCUT2D eigenvalue weighted by atomic mass is 35.5. The van der Waals surface area contributed by atoms with Gasteiger partial charge in [-0.05, 0) is 152 Å². The number of aliphatic hydroxyl groups is 1. The van der Waals surface area contributed by atoms with E-state index in [1.165, 1.54) is 76.4 Å². The number of amides is 1. The number of aromatic nitrogens is 8. The number of nitrogens with two attached hydrogens (primary N) is 1. The molecule has 0 aliphatic carbocycles. The molecule has 10 rings (SSSR count). The maximum absolute atomic E-state index is 12.0. The number of nitrogens with one attached hydrogen (secondary N) is 1. The van der Waals surface area contributed by atoms with Crippen LogP contribution in [0.4, 0.5) is 0 Å². The molecule has 32 heteroatoms. The Morgan fingerprint density at radius 2 is 1.08 bits per heavy atom. The first-order valence-electron chi connectivity index (χ1n) is 25.3. The zero-order chi connectivity index (χ0) is 63.7. The third-order valence-corrected chi connectivity index (χ3v) is 16.0. The van der Waals surface area contributed by atoms with Gasteiger partial charge in [0.1, 0.15) is 28.6 Å². The van der Waals surface area contributed by atoms with Gasteiger partial charge in [0, 0.05) is 71.7 Å². The fourth-order valence-electron chi connectivity index (χ4n) is 6.77. The first kappa shape index (κ1) is 77.4. The highest BCUT2D eigenvalue weighted by molar-refractivity contribution is 7.17. The number of esters is 2. The van der Waals surface area contributed by atoms with E-state index in [2.05, 4.69) is 65.8 Å². The Morgan fingerprint density at radius 3 is 1.44 bits per heavy atom. The summed E-state index contributed by atoms with van der Waals surface area (Å²) in [6.07, 6.45) is 17.8. The number of aliphatic carboxylic acids is 1. The van der Waals surface area contributed by atoms with Gasteiger partial charge >= 0.3 is 17.9 Å². The van der Waals surface area contributed by atoms with Gasteiger partial charge in [-0.1, -0.05) is 55.2 Å². The summed E-state index contributed by atoms with van der Waals surface area (Å²) in [7, 11) is 1.00. The van der Waals surface area contributed by atoms with Gasteiger partial charge in [-0.3, -0.25) is 19.2 Å². The van der Waals surface area contributed by atoms with Crippen LogP contribution in [0.5, 0.6) is 11.5 Å². The van der Waals surface area contributed by atoms with Crippen LogP contribution in [0.25, 0.3) is 39.1 Å². The van der Waals surface area contributed by atoms with Crippen molar-refractivity contribution >= 4 is 164 Å². The van der Waals surface area contributed by atoms with Crippen LogP contribution in [0.1, 0.15) is 89.9 Å². The van der Waals surface area contributed by atoms with Gasteiger partial charge in [0.15, 0.2) is 17.9 Å². The van der Waals surface area contributed by atoms with Crippen LogP contribution in [0, 0.1) is 0 Å². The van der Waals surface area contributed by atoms with Crippen LogP contribution in [-0.4, -0.2) is 136 Å². The number of carbonyl (C=O) groups excluding carboxylic acids is 6. The Bertz CT molecular complexity index is 3580. The molecule has 0 saturated carbocycles. The van der Waals surface area contributed by atoms with E-state index in [1.54, 1.807) is 52.2 Å². The van der Waals surface area contributed by atoms with Crippen molar-refractivity contribution in [1.29, 1.82) is 0 Å². The van der Waals surface area contributed by atoms with Crippen LogP contribution in [0.2, 0.25) is 10.0 Å². The molecule has 474 valence electrons. The number of benzene rings is 2. The first-order valence-corrected chi connectivity index (χ1v) is 30.8. The molecule has 2 aromatic carbocycles. The summed E-state index contributed by atoms with van der Waals surface area (Å²) in [6.45, 7) is 11.5. The number of carboxylic acid groups (broad SMARTS) is 1. The zero-order valence-electron chi connectivity index (χ0n) is 47.3. The summed E-state index contributed by atoms with van der Waals surface area (Å²) < 4.78 is 35.1. The second-order valence-electron chi connectivity index (χ2n) is 16.6. The number of hydrogen-bond acceptors (Lipinski definition) is 27. The number of carboxylic acids is 1. The molecule has 2 unspecified atom stereocenters. The highest BCUT2D eigenvalue weighted by Gasteiger charge is 2.27. The Labute approximate surface area is 553 Å². The summed E-state index contributed by atoms with van der Waals surface area (Å²) in [5.74, 6) is -0.339. The topological polar surface area (TPSA) is 338 Å². The molecule has 2 atom stereocenters. The number of ether oxygens (including phenoxy) is 4. The van der Waals surface area contributed by atoms with Crippen molar-refractivity contribution in [2.45, 2.75) is 60.2 Å². The molecule has 23 nitrogen and oxygen atoms in total. The SMILES string of the molecule is C.C=CC(=O)OCC.CC(=O)c1ccc(-c2cc(Cl)c3c(c2)CC(CN)O3)s1.CC(=O)c1ccc(-c2cc(Cl)c3c(c2)CC(CNC(=O)/C=C/c2cnns2)O3)s1.CCOC(=O)/C=C/c1cnns1.CO.Cl.O=C(O)/C=C/c1cnns1.O=Cc1cnns1.